The van der Waals surface area contributed by atoms with Crippen LogP contribution in [0.1, 0.15) is 0 Å². The van der Waals surface area contributed by atoms with Crippen LogP contribution in [-0.2, 0) is 0 Å². The van der Waals surface area contributed by atoms with Crippen molar-refractivity contribution in [2.75, 3.05) is 0 Å². The zero-order valence-corrected chi connectivity index (χ0v) is 31.2. The van der Waals surface area contributed by atoms with Crippen molar-refractivity contribution in [3.63, 3.8) is 0 Å². The largest absolute Gasteiger partial charge is 0.632 e. The Labute approximate surface area is 344 Å². The van der Waals surface area contributed by atoms with Crippen molar-refractivity contribution in [3.05, 3.63) is 146 Å². The van der Waals surface area contributed by atoms with Crippen LogP contribution in [0, 0.1) is 0 Å². The topological polar surface area (TPSA) is 111 Å². The van der Waals surface area contributed by atoms with Crippen LogP contribution in [0.15, 0.2) is 146 Å². The summed E-state index contributed by atoms with van der Waals surface area (Å²) in [4.78, 5) is 0. The normalized spacial score (nSPS) is 15.4. The molecule has 60 heavy (non-hydrogen) atoms. The van der Waals surface area contributed by atoms with E-state index >= 15 is 0 Å². The van der Waals surface area contributed by atoms with Crippen molar-refractivity contribution in [2.24, 2.45) is 0 Å². The highest BCUT2D eigenvalue weighted by atomic mass is 16.7. The Morgan fingerprint density at radius 1 is 0.167 bits per heavy atom. The zero-order valence-electron chi connectivity index (χ0n) is 31.2. The molecule has 12 nitrogen and oxygen atoms in total. The summed E-state index contributed by atoms with van der Waals surface area (Å²) >= 11 is 0. The third kappa shape index (κ3) is 5.19. The van der Waals surface area contributed by atoms with Crippen molar-refractivity contribution in [3.8, 4) is 69.0 Å². The molecule has 13 rings (SSSR count). The molecule has 7 aromatic rings. The van der Waals surface area contributed by atoms with E-state index in [-0.39, 0.29) is 0 Å². The lowest BCUT2D eigenvalue weighted by molar-refractivity contribution is 0.504. The summed E-state index contributed by atoms with van der Waals surface area (Å²) in [5, 5.41) is 0. The number of fused-ring (bicyclic) bond motifs is 6. The summed E-state index contributed by atoms with van der Waals surface area (Å²) < 4.78 is 81.0. The van der Waals surface area contributed by atoms with Crippen LogP contribution in [0.25, 0.3) is 0 Å². The lowest BCUT2D eigenvalue weighted by Crippen LogP contribution is -2.83. The van der Waals surface area contributed by atoms with Gasteiger partial charge >= 0.3 is 42.7 Å². The number of para-hydroxylation sites is 12. The van der Waals surface area contributed by atoms with Gasteiger partial charge in [0.1, 0.15) is 69.0 Å². The molecule has 282 valence electrons. The summed E-state index contributed by atoms with van der Waals surface area (Å²) in [6.07, 6.45) is 0. The highest BCUT2D eigenvalue weighted by Crippen LogP contribution is 2.39. The molecule has 0 amide bonds. The minimum atomic E-state index is -1.12. The molecular formula is C42H24B6O12. The highest BCUT2D eigenvalue weighted by Gasteiger charge is 2.60. The Morgan fingerprint density at radius 2 is 0.267 bits per heavy atom. The van der Waals surface area contributed by atoms with E-state index in [1.54, 1.807) is 0 Å². The van der Waals surface area contributed by atoms with E-state index in [1.165, 1.54) is 0 Å². The minimum Gasteiger partial charge on any atom is -0.519 e. The summed E-state index contributed by atoms with van der Waals surface area (Å²) in [6.45, 7) is 0. The van der Waals surface area contributed by atoms with Gasteiger partial charge in [0.15, 0.2) is 0 Å². The van der Waals surface area contributed by atoms with Crippen molar-refractivity contribution in [2.45, 2.75) is 0 Å². The molecule has 6 heterocycles. The van der Waals surface area contributed by atoms with Gasteiger partial charge in [-0.05, 0) is 72.8 Å². The molecule has 0 bridgehead atoms. The molecule has 6 aliphatic rings. The Kier molecular flexibility index (Phi) is 7.27. The smallest absolute Gasteiger partial charge is 0.519 e. The van der Waals surface area contributed by atoms with E-state index in [4.69, 9.17) is 55.9 Å². The molecule has 0 saturated carbocycles. The van der Waals surface area contributed by atoms with Crippen LogP contribution >= 0.6 is 0 Å². The van der Waals surface area contributed by atoms with Crippen molar-refractivity contribution < 1.29 is 55.9 Å². The molecule has 0 saturated heterocycles. The quantitative estimate of drug-likeness (QED) is 0.232. The molecule has 0 radical (unpaired) electrons. The first kappa shape index (κ1) is 33.5. The molecule has 0 unspecified atom stereocenters. The third-order valence-corrected chi connectivity index (χ3v) is 11.1. The van der Waals surface area contributed by atoms with E-state index in [2.05, 4.69) is 0 Å². The van der Waals surface area contributed by atoms with Crippen LogP contribution in [-0.4, -0.2) is 42.7 Å². The maximum absolute atomic E-state index is 6.75. The summed E-state index contributed by atoms with van der Waals surface area (Å²) in [6, 6.07) is 44.7. The molecule has 6 aliphatic heterocycles. The second-order valence-corrected chi connectivity index (χ2v) is 14.6. The van der Waals surface area contributed by atoms with E-state index in [9.17, 15) is 0 Å². The van der Waals surface area contributed by atoms with Gasteiger partial charge in [-0.1, -0.05) is 72.8 Å². The molecule has 0 aliphatic carbocycles. The monoisotopic (exact) mass is 786 g/mol. The van der Waals surface area contributed by atoms with Crippen molar-refractivity contribution >= 4 is 75.5 Å². The summed E-state index contributed by atoms with van der Waals surface area (Å²) in [7, 11) is -6.74. The maximum Gasteiger partial charge on any atom is 0.632 e. The molecule has 0 N–H and O–H groups in total. The Balaban J connectivity index is 1.14. The molecule has 7 aromatic carbocycles. The zero-order chi connectivity index (χ0) is 39.3. The van der Waals surface area contributed by atoms with Crippen LogP contribution < -0.4 is 88.6 Å². The fourth-order valence-corrected chi connectivity index (χ4v) is 8.50. The lowest BCUT2D eigenvalue weighted by Gasteiger charge is -2.28. The average molecular weight is 786 g/mol. The SMILES string of the molecule is c1ccc2c(c1)OB(c1c(B3Oc4ccccc4O3)c(B3Oc4ccccc4O3)c(B3Oc4ccccc4O3)c(B3Oc4ccccc4O3)c1B1Oc3ccccc3O1)O2. The molecule has 0 fully saturated rings. The van der Waals surface area contributed by atoms with Gasteiger partial charge in [0, 0.05) is 32.8 Å². The van der Waals surface area contributed by atoms with Gasteiger partial charge in [0.05, 0.1) is 0 Å². The first-order valence-electron chi connectivity index (χ1n) is 19.5. The lowest BCUT2D eigenvalue weighted by atomic mass is 9.43. The van der Waals surface area contributed by atoms with Crippen LogP contribution in [0.2, 0.25) is 0 Å². The molecule has 0 spiro atoms. The number of hydrogen-bond acceptors (Lipinski definition) is 12. The first-order chi connectivity index (χ1) is 29.7. The van der Waals surface area contributed by atoms with E-state index in [0.29, 0.717) is 102 Å². The number of rotatable bonds is 6. The molecule has 18 heteroatoms. The average Bonchev–Trinajstić information content (AvgIpc) is 4.15. The number of benzene rings is 7. The summed E-state index contributed by atoms with van der Waals surface area (Å²) in [5.41, 5.74) is 2.65. The minimum absolute atomic E-state index is 0.442. The van der Waals surface area contributed by atoms with E-state index < -0.39 is 42.7 Å². The van der Waals surface area contributed by atoms with Crippen LogP contribution in [0.5, 0.6) is 69.0 Å². The first-order valence-corrected chi connectivity index (χ1v) is 19.5. The maximum atomic E-state index is 6.75. The third-order valence-electron chi connectivity index (χ3n) is 11.1. The van der Waals surface area contributed by atoms with Gasteiger partial charge in [-0.3, -0.25) is 0 Å². The fraction of sp³-hybridized carbons (Fsp3) is 0. The van der Waals surface area contributed by atoms with Gasteiger partial charge in [0.25, 0.3) is 0 Å². The van der Waals surface area contributed by atoms with Gasteiger partial charge in [0.2, 0.25) is 0 Å². The van der Waals surface area contributed by atoms with Gasteiger partial charge in [-0.15, -0.1) is 0 Å². The second-order valence-electron chi connectivity index (χ2n) is 14.6. The number of hydrogen-bond donors (Lipinski definition) is 0. The van der Waals surface area contributed by atoms with E-state index in [1.807, 2.05) is 146 Å². The Morgan fingerprint density at radius 3 is 0.367 bits per heavy atom. The predicted molar refractivity (Wildman–Crippen MR) is 225 cm³/mol. The Hall–Kier alpha value is -7.47. The molecule has 0 aromatic heterocycles. The van der Waals surface area contributed by atoms with Gasteiger partial charge in [-0.2, -0.15) is 0 Å². The van der Waals surface area contributed by atoms with Gasteiger partial charge in [-0.25, -0.2) is 0 Å². The fourth-order valence-electron chi connectivity index (χ4n) is 8.50. The summed E-state index contributed by atoms with van der Waals surface area (Å²) in [5.74, 6) is 6.32. The van der Waals surface area contributed by atoms with E-state index in [0.717, 1.165) is 0 Å². The second kappa shape index (κ2) is 13.0. The van der Waals surface area contributed by atoms with Gasteiger partial charge < -0.3 is 55.9 Å². The van der Waals surface area contributed by atoms with Crippen LogP contribution in [0.3, 0.4) is 0 Å². The van der Waals surface area contributed by atoms with Crippen LogP contribution in [0.4, 0.5) is 0 Å². The molecule has 0 atom stereocenters. The highest BCUT2D eigenvalue weighted by molar-refractivity contribution is 6.95. The molecular weight excluding hydrogens is 761 g/mol. The van der Waals surface area contributed by atoms with Crippen molar-refractivity contribution in [1.82, 2.24) is 0 Å². The Bertz CT molecular complexity index is 2230. The predicted octanol–water partition coefficient (Wildman–Crippen LogP) is 2.69. The standard InChI is InChI=1S/C42H24B6O12/c1-2-14-26-25(13-1)49-43(50-26)37-38(44-51-27-15-3-4-16-28(27)52-44)40(46-55-31-19-7-8-20-32(31)56-46)42(48-59-35-23-11-12-24-36(35)60-48)41(47-57-33-21-9-10-22-34(33)58-47)39(37)45-53-29-17-5-6-18-30(29)54-45/h1-24H. The van der Waals surface area contributed by atoms with Crippen molar-refractivity contribution in [1.29, 1.82) is 0 Å².